The lowest BCUT2D eigenvalue weighted by atomic mass is 9.97. The van der Waals surface area contributed by atoms with Crippen LogP contribution in [0, 0.1) is 13.8 Å². The summed E-state index contributed by atoms with van der Waals surface area (Å²) in [6.07, 6.45) is -0.391. The maximum absolute atomic E-state index is 10.7. The van der Waals surface area contributed by atoms with Gasteiger partial charge in [0.05, 0.1) is 13.2 Å². The van der Waals surface area contributed by atoms with Crippen molar-refractivity contribution in [2.24, 2.45) is 0 Å². The highest BCUT2D eigenvalue weighted by Gasteiger charge is 2.31. The summed E-state index contributed by atoms with van der Waals surface area (Å²) in [4.78, 5) is 0. The van der Waals surface area contributed by atoms with Gasteiger partial charge in [0.25, 0.3) is 0 Å². The maximum atomic E-state index is 10.7. The molecule has 1 aliphatic rings. The SMILES string of the molecule is COc1cc(C)c(C(O)C2SCCSC2C)cc1C. The molecule has 4 heteroatoms. The van der Waals surface area contributed by atoms with Crippen molar-refractivity contribution in [2.45, 2.75) is 37.4 Å². The second kappa shape index (κ2) is 6.42. The van der Waals surface area contributed by atoms with Gasteiger partial charge in [-0.25, -0.2) is 0 Å². The average molecular weight is 298 g/mol. The number of methoxy groups -OCH3 is 1. The molecule has 1 aromatic rings. The minimum atomic E-state index is -0.391. The number of hydrogen-bond acceptors (Lipinski definition) is 4. The van der Waals surface area contributed by atoms with E-state index in [0.717, 1.165) is 28.2 Å². The number of aliphatic hydroxyl groups excluding tert-OH is 1. The molecule has 1 N–H and O–H groups in total. The smallest absolute Gasteiger partial charge is 0.122 e. The molecule has 3 atom stereocenters. The molecule has 1 saturated heterocycles. The Bertz CT molecular complexity index is 448. The Labute approximate surface area is 124 Å². The van der Waals surface area contributed by atoms with Crippen molar-refractivity contribution in [1.29, 1.82) is 0 Å². The molecule has 19 heavy (non-hydrogen) atoms. The second-order valence-corrected chi connectivity index (χ2v) is 7.81. The van der Waals surface area contributed by atoms with E-state index in [1.807, 2.05) is 43.4 Å². The Balaban J connectivity index is 2.27. The van der Waals surface area contributed by atoms with Crippen LogP contribution in [-0.4, -0.2) is 34.2 Å². The highest BCUT2D eigenvalue weighted by atomic mass is 32.2. The standard InChI is InChI=1S/C15H22O2S2/c1-9-8-13(17-4)10(2)7-12(9)14(16)15-11(3)18-5-6-19-15/h7-8,11,14-16H,5-6H2,1-4H3. The van der Waals surface area contributed by atoms with Crippen LogP contribution in [0.4, 0.5) is 0 Å². The van der Waals surface area contributed by atoms with E-state index in [-0.39, 0.29) is 5.25 Å². The second-order valence-electron chi connectivity index (χ2n) is 5.03. The topological polar surface area (TPSA) is 29.5 Å². The predicted molar refractivity (Wildman–Crippen MR) is 85.6 cm³/mol. The molecule has 0 radical (unpaired) electrons. The van der Waals surface area contributed by atoms with E-state index in [1.54, 1.807) is 7.11 Å². The number of ether oxygens (including phenoxy) is 1. The summed E-state index contributed by atoms with van der Waals surface area (Å²) in [7, 11) is 1.69. The van der Waals surface area contributed by atoms with Crippen LogP contribution in [0.5, 0.6) is 5.75 Å². The third-order valence-electron chi connectivity index (χ3n) is 3.65. The number of benzene rings is 1. The molecular formula is C15H22O2S2. The zero-order valence-corrected chi connectivity index (χ0v) is 13.6. The van der Waals surface area contributed by atoms with Crippen LogP contribution >= 0.6 is 23.5 Å². The Morgan fingerprint density at radius 3 is 2.53 bits per heavy atom. The Morgan fingerprint density at radius 2 is 1.89 bits per heavy atom. The Kier molecular flexibility index (Phi) is 5.09. The van der Waals surface area contributed by atoms with Crippen LogP contribution in [0.1, 0.15) is 29.7 Å². The van der Waals surface area contributed by atoms with Gasteiger partial charge in [0, 0.05) is 22.0 Å². The molecule has 3 unspecified atom stereocenters. The molecule has 1 heterocycles. The van der Waals surface area contributed by atoms with Crippen molar-refractivity contribution < 1.29 is 9.84 Å². The summed E-state index contributed by atoms with van der Waals surface area (Å²) in [6.45, 7) is 6.29. The first kappa shape index (κ1) is 15.1. The molecule has 2 nitrogen and oxygen atoms in total. The van der Waals surface area contributed by atoms with E-state index in [9.17, 15) is 5.11 Å². The van der Waals surface area contributed by atoms with Gasteiger partial charge in [-0.05, 0) is 42.7 Å². The average Bonchev–Trinajstić information content (AvgIpc) is 2.40. The number of thioether (sulfide) groups is 2. The molecule has 0 aliphatic carbocycles. The number of aliphatic hydroxyl groups is 1. The largest absolute Gasteiger partial charge is 0.496 e. The maximum Gasteiger partial charge on any atom is 0.122 e. The van der Waals surface area contributed by atoms with E-state index in [4.69, 9.17) is 4.74 Å². The van der Waals surface area contributed by atoms with E-state index in [0.29, 0.717) is 5.25 Å². The molecular weight excluding hydrogens is 276 g/mol. The van der Waals surface area contributed by atoms with Gasteiger partial charge in [-0.15, -0.1) is 0 Å². The molecule has 0 bridgehead atoms. The van der Waals surface area contributed by atoms with Crippen LogP contribution < -0.4 is 4.74 Å². The summed E-state index contributed by atoms with van der Waals surface area (Å²) in [5.41, 5.74) is 3.24. The summed E-state index contributed by atoms with van der Waals surface area (Å²) in [5.74, 6) is 3.22. The monoisotopic (exact) mass is 298 g/mol. The van der Waals surface area contributed by atoms with Crippen LogP contribution in [-0.2, 0) is 0 Å². The number of aryl methyl sites for hydroxylation is 2. The molecule has 1 aliphatic heterocycles. The normalized spacial score (nSPS) is 25.1. The quantitative estimate of drug-likeness (QED) is 0.923. The van der Waals surface area contributed by atoms with Crippen LogP contribution in [0.15, 0.2) is 12.1 Å². The summed E-state index contributed by atoms with van der Waals surface area (Å²) < 4.78 is 5.34. The molecule has 1 fully saturated rings. The Morgan fingerprint density at radius 1 is 1.21 bits per heavy atom. The minimum absolute atomic E-state index is 0.283. The van der Waals surface area contributed by atoms with Gasteiger partial charge in [-0.2, -0.15) is 23.5 Å². The van der Waals surface area contributed by atoms with Crippen LogP contribution in [0.2, 0.25) is 0 Å². The van der Waals surface area contributed by atoms with E-state index in [2.05, 4.69) is 13.0 Å². The van der Waals surface area contributed by atoms with Gasteiger partial charge in [-0.1, -0.05) is 6.92 Å². The highest BCUT2D eigenvalue weighted by molar-refractivity contribution is 8.07. The van der Waals surface area contributed by atoms with Crippen LogP contribution in [0.25, 0.3) is 0 Å². The zero-order chi connectivity index (χ0) is 14.0. The van der Waals surface area contributed by atoms with Crippen molar-refractivity contribution in [3.8, 4) is 5.75 Å². The third kappa shape index (κ3) is 3.23. The summed E-state index contributed by atoms with van der Waals surface area (Å²) in [5, 5.41) is 11.5. The molecule has 0 amide bonds. The molecule has 1 aromatic carbocycles. The molecule has 0 aromatic heterocycles. The molecule has 106 valence electrons. The van der Waals surface area contributed by atoms with Gasteiger partial charge in [-0.3, -0.25) is 0 Å². The fourth-order valence-electron chi connectivity index (χ4n) is 2.52. The third-order valence-corrected chi connectivity index (χ3v) is 6.83. The van der Waals surface area contributed by atoms with Crippen molar-refractivity contribution in [3.63, 3.8) is 0 Å². The van der Waals surface area contributed by atoms with Gasteiger partial charge in [0.2, 0.25) is 0 Å². The summed E-state index contributed by atoms with van der Waals surface area (Å²) >= 11 is 3.86. The van der Waals surface area contributed by atoms with E-state index in [1.165, 1.54) is 5.75 Å². The highest BCUT2D eigenvalue weighted by Crippen LogP contribution is 2.40. The first-order valence-electron chi connectivity index (χ1n) is 6.61. The lowest BCUT2D eigenvalue weighted by molar-refractivity contribution is 0.173. The predicted octanol–water partition coefficient (Wildman–Crippen LogP) is 3.58. The lowest BCUT2D eigenvalue weighted by Crippen LogP contribution is -2.29. The zero-order valence-electron chi connectivity index (χ0n) is 12.0. The van der Waals surface area contributed by atoms with Gasteiger partial charge >= 0.3 is 0 Å². The molecule has 2 rings (SSSR count). The number of hydrogen-bond donors (Lipinski definition) is 1. The molecule has 0 saturated carbocycles. The minimum Gasteiger partial charge on any atom is -0.496 e. The first-order valence-corrected chi connectivity index (χ1v) is 8.70. The summed E-state index contributed by atoms with van der Waals surface area (Å²) in [6, 6.07) is 4.10. The Hall–Kier alpha value is -0.320. The van der Waals surface area contributed by atoms with Gasteiger partial charge < -0.3 is 9.84 Å². The lowest BCUT2D eigenvalue weighted by Gasteiger charge is -2.32. The van der Waals surface area contributed by atoms with Gasteiger partial charge in [0.15, 0.2) is 0 Å². The van der Waals surface area contributed by atoms with E-state index < -0.39 is 6.10 Å². The van der Waals surface area contributed by atoms with Crippen molar-refractivity contribution in [2.75, 3.05) is 18.6 Å². The van der Waals surface area contributed by atoms with Crippen molar-refractivity contribution in [1.82, 2.24) is 0 Å². The molecule has 0 spiro atoms. The fourth-order valence-corrected chi connectivity index (χ4v) is 5.35. The van der Waals surface area contributed by atoms with Crippen molar-refractivity contribution in [3.05, 3.63) is 28.8 Å². The van der Waals surface area contributed by atoms with Gasteiger partial charge in [0.1, 0.15) is 5.75 Å². The van der Waals surface area contributed by atoms with Crippen molar-refractivity contribution >= 4 is 23.5 Å². The fraction of sp³-hybridized carbons (Fsp3) is 0.600. The van der Waals surface area contributed by atoms with Crippen LogP contribution in [0.3, 0.4) is 0 Å². The first-order chi connectivity index (χ1) is 9.04. The number of rotatable bonds is 3. The van der Waals surface area contributed by atoms with E-state index >= 15 is 0 Å².